The van der Waals surface area contributed by atoms with Crippen LogP contribution in [0.2, 0.25) is 0 Å². The number of halogens is 1. The Balaban J connectivity index is 1.93. The number of amides is 1. The monoisotopic (exact) mass is 415 g/mol. The molecular weight excluding hydrogens is 397 g/mol. The smallest absolute Gasteiger partial charge is 0.335 e. The van der Waals surface area contributed by atoms with Crippen LogP contribution in [0.1, 0.15) is 22.1 Å². The number of carboxylic acids is 1. The molecule has 1 aromatic heterocycles. The number of aliphatic carboxylic acids is 1. The molecular formula is C20H18FN3O6. The van der Waals surface area contributed by atoms with Crippen molar-refractivity contribution in [3.8, 4) is 17.3 Å². The molecule has 0 radical (unpaired) electrons. The van der Waals surface area contributed by atoms with Gasteiger partial charge in [0.15, 0.2) is 11.8 Å². The molecule has 0 bridgehead atoms. The lowest BCUT2D eigenvalue weighted by molar-refractivity contribution is -0.148. The second-order valence-corrected chi connectivity index (χ2v) is 6.26. The zero-order valence-corrected chi connectivity index (χ0v) is 15.7. The predicted octanol–water partition coefficient (Wildman–Crippen LogP) is 1.64. The van der Waals surface area contributed by atoms with Crippen molar-refractivity contribution in [3.63, 3.8) is 0 Å². The summed E-state index contributed by atoms with van der Waals surface area (Å²) >= 11 is 0. The summed E-state index contributed by atoms with van der Waals surface area (Å²) in [5.41, 5.74) is 0.143. The van der Waals surface area contributed by atoms with Crippen LogP contribution in [0.5, 0.6) is 11.6 Å². The maximum Gasteiger partial charge on any atom is 0.335 e. The minimum absolute atomic E-state index is 0.179. The van der Waals surface area contributed by atoms with Crippen LogP contribution in [0.4, 0.5) is 4.39 Å². The van der Waals surface area contributed by atoms with Gasteiger partial charge in [-0.3, -0.25) is 4.79 Å². The molecule has 0 saturated carbocycles. The van der Waals surface area contributed by atoms with Crippen molar-refractivity contribution in [1.29, 1.82) is 0 Å². The molecule has 2 atom stereocenters. The SMILES string of the molecule is COc1ccccc1[C@@H](NC(=O)c1cc(O)n(-c2cccc(F)c2)n1)[C@@H](O)C(=O)O. The molecule has 0 unspecified atom stereocenters. The number of hydrogen-bond acceptors (Lipinski definition) is 6. The van der Waals surface area contributed by atoms with Crippen molar-refractivity contribution < 1.29 is 34.0 Å². The standard InChI is InChI=1S/C20H18FN3O6/c1-30-15-8-3-2-7-13(15)17(18(26)20(28)29)22-19(27)14-10-16(25)24(23-14)12-6-4-5-11(21)9-12/h2-10,17-18,25-26H,1H3,(H,22,27)(H,28,29)/t17-,18-/m1/s1. The van der Waals surface area contributed by atoms with Crippen LogP contribution in [0.25, 0.3) is 5.69 Å². The number of aromatic nitrogens is 2. The number of nitrogens with zero attached hydrogens (tertiary/aromatic N) is 2. The summed E-state index contributed by atoms with van der Waals surface area (Å²) < 4.78 is 19.6. The van der Waals surface area contributed by atoms with E-state index in [0.29, 0.717) is 0 Å². The van der Waals surface area contributed by atoms with Gasteiger partial charge in [0, 0.05) is 11.6 Å². The maximum absolute atomic E-state index is 13.4. The van der Waals surface area contributed by atoms with Gasteiger partial charge >= 0.3 is 5.97 Å². The van der Waals surface area contributed by atoms with Crippen molar-refractivity contribution in [2.24, 2.45) is 0 Å². The molecule has 0 saturated heterocycles. The highest BCUT2D eigenvalue weighted by Gasteiger charge is 2.32. The molecule has 3 aromatic rings. The number of carbonyl (C=O) groups is 2. The van der Waals surface area contributed by atoms with Crippen molar-refractivity contribution in [2.75, 3.05) is 7.11 Å². The maximum atomic E-state index is 13.4. The fourth-order valence-electron chi connectivity index (χ4n) is 2.89. The normalized spacial score (nSPS) is 12.8. The largest absolute Gasteiger partial charge is 0.496 e. The Morgan fingerprint density at radius 3 is 2.57 bits per heavy atom. The molecule has 9 nitrogen and oxygen atoms in total. The highest BCUT2D eigenvalue weighted by Crippen LogP contribution is 2.28. The van der Waals surface area contributed by atoms with Crippen molar-refractivity contribution in [1.82, 2.24) is 15.1 Å². The lowest BCUT2D eigenvalue weighted by atomic mass is 10.00. The van der Waals surface area contributed by atoms with Gasteiger partial charge in [0.25, 0.3) is 5.91 Å². The topological polar surface area (TPSA) is 134 Å². The van der Waals surface area contributed by atoms with E-state index in [2.05, 4.69) is 10.4 Å². The van der Waals surface area contributed by atoms with Crippen LogP contribution < -0.4 is 10.1 Å². The Bertz CT molecular complexity index is 1080. The number of rotatable bonds is 7. The molecule has 2 aromatic carbocycles. The van der Waals surface area contributed by atoms with Crippen LogP contribution in [-0.4, -0.2) is 50.2 Å². The third-order valence-electron chi connectivity index (χ3n) is 4.31. The highest BCUT2D eigenvalue weighted by molar-refractivity contribution is 5.93. The second kappa shape index (κ2) is 8.62. The van der Waals surface area contributed by atoms with E-state index in [1.807, 2.05) is 0 Å². The number of benzene rings is 2. The summed E-state index contributed by atoms with van der Waals surface area (Å²) in [5, 5.41) is 35.8. The zero-order chi connectivity index (χ0) is 21.8. The molecule has 30 heavy (non-hydrogen) atoms. The van der Waals surface area contributed by atoms with E-state index in [1.165, 1.54) is 31.4 Å². The summed E-state index contributed by atoms with van der Waals surface area (Å²) in [6, 6.07) is 11.2. The first-order valence-electron chi connectivity index (χ1n) is 8.71. The van der Waals surface area contributed by atoms with Gasteiger partial charge in [0.05, 0.1) is 18.8 Å². The van der Waals surface area contributed by atoms with Gasteiger partial charge < -0.3 is 25.4 Å². The van der Waals surface area contributed by atoms with E-state index in [1.54, 1.807) is 18.2 Å². The molecule has 156 valence electrons. The van der Waals surface area contributed by atoms with E-state index < -0.39 is 35.7 Å². The van der Waals surface area contributed by atoms with Crippen LogP contribution >= 0.6 is 0 Å². The van der Waals surface area contributed by atoms with Gasteiger partial charge in [-0.05, 0) is 24.3 Å². The minimum Gasteiger partial charge on any atom is -0.496 e. The number of hydrogen-bond donors (Lipinski definition) is 4. The van der Waals surface area contributed by atoms with Gasteiger partial charge in [-0.1, -0.05) is 24.3 Å². The first-order valence-corrected chi connectivity index (χ1v) is 8.71. The summed E-state index contributed by atoms with van der Waals surface area (Å²) in [7, 11) is 1.36. The fourth-order valence-corrected chi connectivity index (χ4v) is 2.89. The summed E-state index contributed by atoms with van der Waals surface area (Å²) in [5.74, 6) is -3.15. The van der Waals surface area contributed by atoms with Gasteiger partial charge in [-0.2, -0.15) is 5.10 Å². The zero-order valence-electron chi connectivity index (χ0n) is 15.7. The van der Waals surface area contributed by atoms with Gasteiger partial charge in [-0.15, -0.1) is 0 Å². The molecule has 1 amide bonds. The average molecular weight is 415 g/mol. The highest BCUT2D eigenvalue weighted by atomic mass is 19.1. The molecule has 3 rings (SSSR count). The Labute approximate surface area is 170 Å². The van der Waals surface area contributed by atoms with Crippen LogP contribution in [0.15, 0.2) is 54.6 Å². The molecule has 0 spiro atoms. The first kappa shape index (κ1) is 20.8. The Hall–Kier alpha value is -3.92. The number of methoxy groups -OCH3 is 1. The molecule has 0 aliphatic rings. The van der Waals surface area contributed by atoms with Gasteiger partial charge in [-0.25, -0.2) is 13.9 Å². The Morgan fingerprint density at radius 2 is 1.90 bits per heavy atom. The number of para-hydroxylation sites is 1. The quantitative estimate of drug-likeness (QED) is 0.461. The lowest BCUT2D eigenvalue weighted by Crippen LogP contribution is -2.40. The number of nitrogens with one attached hydrogen (secondary N) is 1. The van der Waals surface area contributed by atoms with Gasteiger partial charge in [0.2, 0.25) is 5.88 Å². The van der Waals surface area contributed by atoms with Crippen molar-refractivity contribution in [2.45, 2.75) is 12.1 Å². The van der Waals surface area contributed by atoms with Gasteiger partial charge in [0.1, 0.15) is 11.6 Å². The lowest BCUT2D eigenvalue weighted by Gasteiger charge is -2.23. The fraction of sp³-hybridized carbons (Fsp3) is 0.150. The van der Waals surface area contributed by atoms with E-state index in [0.717, 1.165) is 16.8 Å². The first-order chi connectivity index (χ1) is 14.3. The molecule has 0 fully saturated rings. The van der Waals surface area contributed by atoms with E-state index in [4.69, 9.17) is 4.74 Å². The van der Waals surface area contributed by atoms with Crippen LogP contribution in [-0.2, 0) is 4.79 Å². The van der Waals surface area contributed by atoms with E-state index in [9.17, 15) is 29.3 Å². The van der Waals surface area contributed by atoms with Crippen LogP contribution in [0.3, 0.4) is 0 Å². The molecule has 0 aliphatic carbocycles. The summed E-state index contributed by atoms with van der Waals surface area (Å²) in [6.45, 7) is 0. The van der Waals surface area contributed by atoms with Crippen molar-refractivity contribution >= 4 is 11.9 Å². The molecule has 1 heterocycles. The molecule has 4 N–H and O–H groups in total. The predicted molar refractivity (Wildman–Crippen MR) is 102 cm³/mol. The number of carbonyl (C=O) groups excluding carboxylic acids is 1. The molecule has 0 aliphatic heterocycles. The number of aliphatic hydroxyl groups is 1. The average Bonchev–Trinajstić information content (AvgIpc) is 3.13. The minimum atomic E-state index is -1.98. The Kier molecular flexibility index (Phi) is 5.98. The van der Waals surface area contributed by atoms with E-state index >= 15 is 0 Å². The number of carboxylic acid groups (broad SMARTS) is 1. The number of aliphatic hydroxyl groups excluding tert-OH is 1. The summed E-state index contributed by atoms with van der Waals surface area (Å²) in [6.07, 6.45) is -1.98. The van der Waals surface area contributed by atoms with Crippen LogP contribution in [0, 0.1) is 5.82 Å². The number of ether oxygens (including phenoxy) is 1. The van der Waals surface area contributed by atoms with E-state index in [-0.39, 0.29) is 22.7 Å². The summed E-state index contributed by atoms with van der Waals surface area (Å²) in [4.78, 5) is 24.1. The Morgan fingerprint density at radius 1 is 1.17 bits per heavy atom. The second-order valence-electron chi connectivity index (χ2n) is 6.26. The third kappa shape index (κ3) is 4.23. The number of aromatic hydroxyl groups is 1. The van der Waals surface area contributed by atoms with Crippen molar-refractivity contribution in [3.05, 3.63) is 71.7 Å². The third-order valence-corrected chi connectivity index (χ3v) is 4.31. The molecule has 10 heteroatoms.